The van der Waals surface area contributed by atoms with Crippen molar-refractivity contribution in [3.63, 3.8) is 0 Å². The Balaban J connectivity index is 2.68. The fourth-order valence-corrected chi connectivity index (χ4v) is 1.63. The van der Waals surface area contributed by atoms with E-state index in [0.29, 0.717) is 19.6 Å². The van der Waals surface area contributed by atoms with Gasteiger partial charge in [0, 0.05) is 37.8 Å². The van der Waals surface area contributed by atoms with Crippen LogP contribution in [0.5, 0.6) is 0 Å². The Morgan fingerprint density at radius 3 is 2.78 bits per heavy atom. The highest BCUT2D eigenvalue weighted by atomic mass is 16.5. The zero-order chi connectivity index (χ0) is 13.4. The molecule has 5 nitrogen and oxygen atoms in total. The summed E-state index contributed by atoms with van der Waals surface area (Å²) in [6.07, 6.45) is 2.13. The van der Waals surface area contributed by atoms with Crippen molar-refractivity contribution in [1.82, 2.24) is 4.98 Å². The van der Waals surface area contributed by atoms with Crippen molar-refractivity contribution in [2.45, 2.75) is 13.3 Å². The first-order valence-corrected chi connectivity index (χ1v) is 5.90. The molecule has 0 fully saturated rings. The van der Waals surface area contributed by atoms with Crippen molar-refractivity contribution < 1.29 is 14.3 Å². The van der Waals surface area contributed by atoms with Gasteiger partial charge in [-0.05, 0) is 19.1 Å². The molecule has 0 aromatic carbocycles. The topological polar surface area (TPSA) is 51.7 Å². The van der Waals surface area contributed by atoms with Crippen LogP contribution in [0.15, 0.2) is 18.3 Å². The minimum Gasteiger partial charge on any atom is -0.469 e. The third-order valence-electron chi connectivity index (χ3n) is 2.62. The maximum atomic E-state index is 11.2. The number of ether oxygens (including phenoxy) is 2. The predicted molar refractivity (Wildman–Crippen MR) is 69.7 cm³/mol. The number of rotatable bonds is 7. The number of hydrogen-bond donors (Lipinski definition) is 0. The first-order chi connectivity index (χ1) is 8.67. The van der Waals surface area contributed by atoms with E-state index in [-0.39, 0.29) is 5.97 Å². The lowest BCUT2D eigenvalue weighted by Crippen LogP contribution is -2.30. The molecule has 5 heteroatoms. The van der Waals surface area contributed by atoms with Gasteiger partial charge in [0.15, 0.2) is 0 Å². The first-order valence-electron chi connectivity index (χ1n) is 5.90. The Morgan fingerprint density at radius 2 is 2.17 bits per heavy atom. The Bertz CT molecular complexity index is 382. The highest BCUT2D eigenvalue weighted by molar-refractivity contribution is 5.70. The van der Waals surface area contributed by atoms with Crippen LogP contribution in [0.4, 0.5) is 5.69 Å². The summed E-state index contributed by atoms with van der Waals surface area (Å²) in [5.74, 6) is -0.205. The molecule has 0 N–H and O–H groups in total. The zero-order valence-electron chi connectivity index (χ0n) is 11.2. The molecule has 0 unspecified atom stereocenters. The highest BCUT2D eigenvalue weighted by Crippen LogP contribution is 2.14. The van der Waals surface area contributed by atoms with Gasteiger partial charge in [-0.3, -0.25) is 9.78 Å². The molecule has 0 aliphatic heterocycles. The summed E-state index contributed by atoms with van der Waals surface area (Å²) in [6.45, 7) is 3.90. The molecule has 1 aromatic heterocycles. The summed E-state index contributed by atoms with van der Waals surface area (Å²) < 4.78 is 9.74. The van der Waals surface area contributed by atoms with Crippen LogP contribution in [0.1, 0.15) is 12.1 Å². The number of pyridine rings is 1. The number of hydrogen-bond acceptors (Lipinski definition) is 5. The second kappa shape index (κ2) is 7.66. The number of anilines is 1. The van der Waals surface area contributed by atoms with Crippen LogP contribution in [-0.2, 0) is 14.3 Å². The normalized spacial score (nSPS) is 10.2. The molecule has 0 atom stereocenters. The standard InChI is InChI=1S/C13H20N2O3/c1-11-10-12(4-6-14-11)15(8-9-17-2)7-5-13(16)18-3/h4,6,10H,5,7-9H2,1-3H3. The van der Waals surface area contributed by atoms with Crippen LogP contribution in [0.2, 0.25) is 0 Å². The summed E-state index contributed by atoms with van der Waals surface area (Å²) in [6, 6.07) is 3.92. The maximum absolute atomic E-state index is 11.2. The monoisotopic (exact) mass is 252 g/mol. The van der Waals surface area contributed by atoms with Crippen molar-refractivity contribution in [3.05, 3.63) is 24.0 Å². The van der Waals surface area contributed by atoms with Gasteiger partial charge in [0.25, 0.3) is 0 Å². The molecule has 0 bridgehead atoms. The molecule has 0 amide bonds. The van der Waals surface area contributed by atoms with E-state index < -0.39 is 0 Å². The number of carbonyl (C=O) groups is 1. The Kier molecular flexibility index (Phi) is 6.14. The van der Waals surface area contributed by atoms with Gasteiger partial charge in [-0.2, -0.15) is 0 Å². The molecule has 1 aromatic rings. The van der Waals surface area contributed by atoms with E-state index in [0.717, 1.165) is 17.9 Å². The van der Waals surface area contributed by atoms with Gasteiger partial charge in [-0.15, -0.1) is 0 Å². The van der Waals surface area contributed by atoms with Gasteiger partial charge >= 0.3 is 5.97 Å². The number of methoxy groups -OCH3 is 2. The van der Waals surface area contributed by atoms with E-state index in [4.69, 9.17) is 4.74 Å². The molecule has 1 heterocycles. The summed E-state index contributed by atoms with van der Waals surface area (Å²) in [4.78, 5) is 17.5. The van der Waals surface area contributed by atoms with Crippen molar-refractivity contribution >= 4 is 11.7 Å². The lowest BCUT2D eigenvalue weighted by Gasteiger charge is -2.24. The lowest BCUT2D eigenvalue weighted by atomic mass is 10.2. The van der Waals surface area contributed by atoms with Crippen LogP contribution in [0, 0.1) is 6.92 Å². The van der Waals surface area contributed by atoms with Gasteiger partial charge < -0.3 is 14.4 Å². The first kappa shape index (κ1) is 14.4. The van der Waals surface area contributed by atoms with E-state index in [1.165, 1.54) is 7.11 Å². The second-order valence-corrected chi connectivity index (χ2v) is 3.96. The molecular weight excluding hydrogens is 232 g/mol. The molecule has 18 heavy (non-hydrogen) atoms. The molecule has 0 aliphatic rings. The minimum absolute atomic E-state index is 0.205. The molecule has 0 spiro atoms. The fourth-order valence-electron chi connectivity index (χ4n) is 1.63. The summed E-state index contributed by atoms with van der Waals surface area (Å²) in [7, 11) is 3.06. The SMILES string of the molecule is COCCN(CCC(=O)OC)c1ccnc(C)c1. The number of nitrogens with zero attached hydrogens (tertiary/aromatic N) is 2. The fraction of sp³-hybridized carbons (Fsp3) is 0.538. The van der Waals surface area contributed by atoms with Gasteiger partial charge in [0.2, 0.25) is 0 Å². The molecule has 0 radical (unpaired) electrons. The molecule has 0 aliphatic carbocycles. The van der Waals surface area contributed by atoms with Crippen LogP contribution >= 0.6 is 0 Å². The summed E-state index contributed by atoms with van der Waals surface area (Å²) >= 11 is 0. The third-order valence-corrected chi connectivity index (χ3v) is 2.62. The zero-order valence-corrected chi connectivity index (χ0v) is 11.2. The van der Waals surface area contributed by atoms with Crippen LogP contribution in [0.25, 0.3) is 0 Å². The van der Waals surface area contributed by atoms with E-state index in [1.54, 1.807) is 13.3 Å². The van der Waals surface area contributed by atoms with Crippen molar-refractivity contribution in [2.75, 3.05) is 38.8 Å². The molecule has 0 saturated heterocycles. The lowest BCUT2D eigenvalue weighted by molar-refractivity contribution is -0.140. The second-order valence-electron chi connectivity index (χ2n) is 3.96. The number of carbonyl (C=O) groups excluding carboxylic acids is 1. The third kappa shape index (κ3) is 4.71. The molecule has 0 saturated carbocycles. The van der Waals surface area contributed by atoms with E-state index in [1.807, 2.05) is 19.1 Å². The van der Waals surface area contributed by atoms with E-state index >= 15 is 0 Å². The van der Waals surface area contributed by atoms with E-state index in [9.17, 15) is 4.79 Å². The van der Waals surface area contributed by atoms with Crippen LogP contribution in [-0.4, -0.2) is 44.9 Å². The largest absolute Gasteiger partial charge is 0.469 e. The molecular formula is C13H20N2O3. The van der Waals surface area contributed by atoms with Gasteiger partial charge in [0.1, 0.15) is 0 Å². The average molecular weight is 252 g/mol. The number of aryl methyl sites for hydroxylation is 1. The number of aromatic nitrogens is 1. The van der Waals surface area contributed by atoms with Crippen molar-refractivity contribution in [2.24, 2.45) is 0 Å². The van der Waals surface area contributed by atoms with Crippen LogP contribution < -0.4 is 4.90 Å². The average Bonchev–Trinajstić information content (AvgIpc) is 2.38. The van der Waals surface area contributed by atoms with Gasteiger partial charge in [0.05, 0.1) is 20.1 Å². The quantitative estimate of drug-likeness (QED) is 0.687. The molecule has 100 valence electrons. The Labute approximate surface area is 108 Å². The van der Waals surface area contributed by atoms with Gasteiger partial charge in [-0.1, -0.05) is 0 Å². The van der Waals surface area contributed by atoms with Gasteiger partial charge in [-0.25, -0.2) is 0 Å². The Morgan fingerprint density at radius 1 is 1.39 bits per heavy atom. The Hall–Kier alpha value is -1.62. The van der Waals surface area contributed by atoms with Crippen molar-refractivity contribution in [3.8, 4) is 0 Å². The highest BCUT2D eigenvalue weighted by Gasteiger charge is 2.09. The summed E-state index contributed by atoms with van der Waals surface area (Å²) in [5, 5.41) is 0. The predicted octanol–water partition coefficient (Wildman–Crippen LogP) is 1.41. The van der Waals surface area contributed by atoms with Crippen LogP contribution in [0.3, 0.4) is 0 Å². The van der Waals surface area contributed by atoms with E-state index in [2.05, 4.69) is 14.6 Å². The minimum atomic E-state index is -0.205. The number of esters is 1. The van der Waals surface area contributed by atoms with Crippen molar-refractivity contribution in [1.29, 1.82) is 0 Å². The molecule has 1 rings (SSSR count). The smallest absolute Gasteiger partial charge is 0.307 e. The summed E-state index contributed by atoms with van der Waals surface area (Å²) in [5.41, 5.74) is 2.00. The maximum Gasteiger partial charge on any atom is 0.307 e.